The van der Waals surface area contributed by atoms with Crippen LogP contribution in [0.3, 0.4) is 0 Å². The number of aliphatic hydroxyl groups is 1. The van der Waals surface area contributed by atoms with Gasteiger partial charge in [0.15, 0.2) is 0 Å². The average molecular weight is 423 g/mol. The highest BCUT2D eigenvalue weighted by atomic mass is 16.5. The van der Waals surface area contributed by atoms with Crippen molar-refractivity contribution in [2.24, 2.45) is 10.8 Å². The van der Waals surface area contributed by atoms with Gasteiger partial charge in [-0.1, -0.05) is 18.2 Å². The quantitative estimate of drug-likeness (QED) is 0.379. The van der Waals surface area contributed by atoms with Crippen molar-refractivity contribution in [3.8, 4) is 5.75 Å². The Balaban J connectivity index is 1.65. The third kappa shape index (κ3) is 5.61. The fraction of sp³-hybridized carbons (Fsp3) is 0.227. The number of aromatic nitrogens is 1. The molecule has 1 aromatic heterocycles. The maximum absolute atomic E-state index is 11.4. The third-order valence-electron chi connectivity index (χ3n) is 4.74. The first-order chi connectivity index (χ1) is 14.8. The van der Waals surface area contributed by atoms with Gasteiger partial charge in [0.1, 0.15) is 18.5 Å². The number of carbonyl (C=O) groups is 2. The summed E-state index contributed by atoms with van der Waals surface area (Å²) >= 11 is 0. The lowest BCUT2D eigenvalue weighted by atomic mass is 10.2. The largest absolute Gasteiger partial charge is 0.491 e. The SMILES string of the molecule is CC(=O)N(C)c1ccc(OCC(O)Cn2cc(C=NNC(N)=O)c3ccccc32)cc1. The van der Waals surface area contributed by atoms with Crippen molar-refractivity contribution in [3.05, 3.63) is 60.3 Å². The van der Waals surface area contributed by atoms with E-state index in [0.717, 1.165) is 22.2 Å². The summed E-state index contributed by atoms with van der Waals surface area (Å²) in [5.41, 5.74) is 9.66. The number of carbonyl (C=O) groups excluding carboxylic acids is 2. The number of nitrogens with two attached hydrogens (primary N) is 1. The number of nitrogens with zero attached hydrogens (tertiary/aromatic N) is 3. The molecule has 1 atom stereocenters. The van der Waals surface area contributed by atoms with Gasteiger partial charge in [-0.25, -0.2) is 10.2 Å². The van der Waals surface area contributed by atoms with E-state index >= 15 is 0 Å². The summed E-state index contributed by atoms with van der Waals surface area (Å²) in [7, 11) is 1.70. The Kier molecular flexibility index (Phi) is 6.88. The van der Waals surface area contributed by atoms with Gasteiger partial charge < -0.3 is 25.0 Å². The van der Waals surface area contributed by atoms with Gasteiger partial charge in [0.25, 0.3) is 0 Å². The molecule has 0 spiro atoms. The smallest absolute Gasteiger partial charge is 0.332 e. The fourth-order valence-electron chi connectivity index (χ4n) is 3.11. The standard InChI is InChI=1S/C22H25N5O4/c1-15(28)26(2)17-7-9-19(10-8-17)31-14-18(29)13-27-12-16(11-24-25-22(23)30)20-5-3-4-6-21(20)27/h3-12,18,29H,13-14H2,1-2H3,(H3,23,25,30). The van der Waals surface area contributed by atoms with Gasteiger partial charge in [0, 0.05) is 42.3 Å². The molecule has 0 aliphatic heterocycles. The zero-order chi connectivity index (χ0) is 22.4. The predicted octanol–water partition coefficient (Wildman–Crippen LogP) is 2.07. The molecule has 1 unspecified atom stereocenters. The first-order valence-corrected chi connectivity index (χ1v) is 9.66. The van der Waals surface area contributed by atoms with Gasteiger partial charge in [0.2, 0.25) is 5.91 Å². The second kappa shape index (κ2) is 9.77. The zero-order valence-electron chi connectivity index (χ0n) is 17.4. The molecule has 31 heavy (non-hydrogen) atoms. The molecule has 2 aromatic carbocycles. The Morgan fingerprint density at radius 2 is 1.97 bits per heavy atom. The van der Waals surface area contributed by atoms with Crippen molar-refractivity contribution in [1.29, 1.82) is 0 Å². The summed E-state index contributed by atoms with van der Waals surface area (Å²) in [5.74, 6) is 0.542. The number of fused-ring (bicyclic) bond motifs is 1. The van der Waals surface area contributed by atoms with E-state index < -0.39 is 12.1 Å². The highest BCUT2D eigenvalue weighted by Gasteiger charge is 2.12. The molecule has 3 aromatic rings. The monoisotopic (exact) mass is 423 g/mol. The molecule has 9 heteroatoms. The summed E-state index contributed by atoms with van der Waals surface area (Å²) in [4.78, 5) is 23.8. The van der Waals surface area contributed by atoms with E-state index in [1.54, 1.807) is 31.3 Å². The molecule has 0 saturated carbocycles. The predicted molar refractivity (Wildman–Crippen MR) is 119 cm³/mol. The van der Waals surface area contributed by atoms with Crippen LogP contribution < -0.4 is 20.8 Å². The van der Waals surface area contributed by atoms with Crippen LogP contribution in [0, 0.1) is 0 Å². The number of hydrogen-bond acceptors (Lipinski definition) is 5. The molecular weight excluding hydrogens is 398 g/mol. The number of amides is 3. The number of anilines is 1. The Morgan fingerprint density at radius 3 is 2.65 bits per heavy atom. The number of primary amides is 1. The van der Waals surface area contributed by atoms with Crippen LogP contribution in [-0.2, 0) is 11.3 Å². The molecule has 9 nitrogen and oxygen atoms in total. The van der Waals surface area contributed by atoms with Crippen LogP contribution in [-0.4, -0.2) is 47.6 Å². The molecule has 3 amide bonds. The van der Waals surface area contributed by atoms with Gasteiger partial charge in [0.05, 0.1) is 12.8 Å². The van der Waals surface area contributed by atoms with Gasteiger partial charge >= 0.3 is 6.03 Å². The van der Waals surface area contributed by atoms with Crippen LogP contribution in [0.15, 0.2) is 59.8 Å². The summed E-state index contributed by atoms with van der Waals surface area (Å²) < 4.78 is 7.59. The summed E-state index contributed by atoms with van der Waals surface area (Å²) in [6, 6.07) is 14.0. The fourth-order valence-corrected chi connectivity index (χ4v) is 3.11. The Labute approximate surface area is 179 Å². The molecule has 0 aliphatic rings. The van der Waals surface area contributed by atoms with Crippen LogP contribution in [0.5, 0.6) is 5.75 Å². The number of hydrazone groups is 1. The molecule has 0 radical (unpaired) electrons. The lowest BCUT2D eigenvalue weighted by Gasteiger charge is -2.16. The third-order valence-corrected chi connectivity index (χ3v) is 4.74. The Bertz CT molecular complexity index is 1090. The topological polar surface area (TPSA) is 122 Å². The van der Waals surface area contributed by atoms with Crippen molar-refractivity contribution in [2.75, 3.05) is 18.6 Å². The van der Waals surface area contributed by atoms with Crippen LogP contribution in [0.1, 0.15) is 12.5 Å². The van der Waals surface area contributed by atoms with E-state index in [4.69, 9.17) is 10.5 Å². The second-order valence-corrected chi connectivity index (χ2v) is 7.02. The van der Waals surface area contributed by atoms with E-state index in [-0.39, 0.29) is 12.5 Å². The minimum Gasteiger partial charge on any atom is -0.491 e. The minimum absolute atomic E-state index is 0.0575. The van der Waals surface area contributed by atoms with Gasteiger partial charge in [-0.05, 0) is 30.3 Å². The minimum atomic E-state index is -0.760. The normalized spacial score (nSPS) is 12.1. The number of rotatable bonds is 8. The Hall–Kier alpha value is -3.85. The van der Waals surface area contributed by atoms with E-state index in [1.807, 2.05) is 35.0 Å². The zero-order valence-corrected chi connectivity index (χ0v) is 17.4. The molecule has 162 valence electrons. The first-order valence-electron chi connectivity index (χ1n) is 9.66. The number of benzene rings is 2. The van der Waals surface area contributed by atoms with Gasteiger partial charge in [-0.3, -0.25) is 4.79 Å². The molecule has 0 bridgehead atoms. The van der Waals surface area contributed by atoms with Gasteiger partial charge in [-0.2, -0.15) is 5.10 Å². The Morgan fingerprint density at radius 1 is 1.26 bits per heavy atom. The molecule has 3 rings (SSSR count). The number of urea groups is 1. The molecule has 0 aliphatic carbocycles. The number of ether oxygens (including phenoxy) is 1. The maximum atomic E-state index is 11.4. The number of hydrogen-bond donors (Lipinski definition) is 3. The second-order valence-electron chi connectivity index (χ2n) is 7.02. The summed E-state index contributed by atoms with van der Waals surface area (Å²) in [6.07, 6.45) is 2.59. The van der Waals surface area contributed by atoms with Crippen molar-refractivity contribution in [3.63, 3.8) is 0 Å². The molecule has 4 N–H and O–H groups in total. The van der Waals surface area contributed by atoms with Crippen molar-refractivity contribution in [1.82, 2.24) is 9.99 Å². The van der Waals surface area contributed by atoms with Crippen LogP contribution >= 0.6 is 0 Å². The molecule has 1 heterocycles. The molecular formula is C22H25N5O4. The summed E-state index contributed by atoms with van der Waals surface area (Å²) in [5, 5.41) is 15.2. The van der Waals surface area contributed by atoms with Gasteiger partial charge in [-0.15, -0.1) is 0 Å². The summed E-state index contributed by atoms with van der Waals surface area (Å²) in [6.45, 7) is 1.90. The van der Waals surface area contributed by atoms with Crippen molar-refractivity contribution < 1.29 is 19.4 Å². The lowest BCUT2D eigenvalue weighted by Crippen LogP contribution is -2.24. The highest BCUT2D eigenvalue weighted by Crippen LogP contribution is 2.21. The van der Waals surface area contributed by atoms with Crippen molar-refractivity contribution >= 4 is 34.7 Å². The first kappa shape index (κ1) is 21.8. The lowest BCUT2D eigenvalue weighted by molar-refractivity contribution is -0.116. The van der Waals surface area contributed by atoms with E-state index in [2.05, 4.69) is 10.5 Å². The highest BCUT2D eigenvalue weighted by molar-refractivity contribution is 5.99. The van der Waals surface area contributed by atoms with E-state index in [9.17, 15) is 14.7 Å². The number of aliphatic hydroxyl groups excluding tert-OH is 1. The number of para-hydroxylation sites is 1. The van der Waals surface area contributed by atoms with Crippen LogP contribution in [0.4, 0.5) is 10.5 Å². The van der Waals surface area contributed by atoms with E-state index in [0.29, 0.717) is 12.3 Å². The average Bonchev–Trinajstić information content (AvgIpc) is 3.09. The van der Waals surface area contributed by atoms with Crippen LogP contribution in [0.25, 0.3) is 10.9 Å². The van der Waals surface area contributed by atoms with Crippen molar-refractivity contribution in [2.45, 2.75) is 19.6 Å². The van der Waals surface area contributed by atoms with Crippen LogP contribution in [0.2, 0.25) is 0 Å². The molecule has 0 fully saturated rings. The van der Waals surface area contributed by atoms with E-state index in [1.165, 1.54) is 18.0 Å². The number of nitrogens with one attached hydrogen (secondary N) is 1. The molecule has 0 saturated heterocycles. The maximum Gasteiger partial charge on any atom is 0.332 e.